The monoisotopic (exact) mass is 174 g/mol. The van der Waals surface area contributed by atoms with E-state index in [1.54, 1.807) is 0 Å². The highest BCUT2D eigenvalue weighted by molar-refractivity contribution is 7.27. The summed E-state index contributed by atoms with van der Waals surface area (Å²) in [5.74, 6) is 7.12. The first kappa shape index (κ1) is 7.84. The molecule has 1 unspecified atom stereocenters. The van der Waals surface area contributed by atoms with Crippen molar-refractivity contribution in [3.63, 3.8) is 0 Å². The summed E-state index contributed by atoms with van der Waals surface area (Å²) in [7, 11) is 2.69. The molecule has 0 bridgehead atoms. The zero-order chi connectivity index (χ0) is 8.39. The number of rotatable bonds is 0. The Balaban J connectivity index is 2.18. The van der Waals surface area contributed by atoms with E-state index in [9.17, 15) is 0 Å². The minimum atomic E-state index is 0.693. The molecular formula is C11H11P. The molecule has 0 N–H and O–H groups in total. The Kier molecular flexibility index (Phi) is 2.15. The molecule has 1 aromatic carbocycles. The van der Waals surface area contributed by atoms with Crippen LogP contribution in [0.25, 0.3) is 0 Å². The molecule has 2 rings (SSSR count). The highest BCUT2D eigenvalue weighted by Gasteiger charge is 2.17. The molecule has 12 heavy (non-hydrogen) atoms. The molecule has 1 fully saturated rings. The van der Waals surface area contributed by atoms with Crippen molar-refractivity contribution >= 4 is 14.5 Å². The Bertz CT molecular complexity index is 340. The van der Waals surface area contributed by atoms with Gasteiger partial charge in [0.1, 0.15) is 0 Å². The van der Waals surface area contributed by atoms with Gasteiger partial charge in [-0.1, -0.05) is 24.0 Å². The summed E-state index contributed by atoms with van der Waals surface area (Å²) < 4.78 is 0. The fourth-order valence-electron chi connectivity index (χ4n) is 1.03. The molecule has 0 spiro atoms. The van der Waals surface area contributed by atoms with Crippen molar-refractivity contribution < 1.29 is 0 Å². The quantitative estimate of drug-likeness (QED) is 0.416. The van der Waals surface area contributed by atoms with E-state index in [-0.39, 0.29) is 0 Å². The van der Waals surface area contributed by atoms with Crippen LogP contribution < -0.4 is 5.30 Å². The average molecular weight is 174 g/mol. The van der Waals surface area contributed by atoms with E-state index < -0.39 is 0 Å². The first-order valence-electron chi connectivity index (χ1n) is 4.22. The molecule has 0 aromatic heterocycles. The molecule has 0 aliphatic heterocycles. The molecule has 0 heterocycles. The molecule has 1 aromatic rings. The van der Waals surface area contributed by atoms with Crippen LogP contribution in [0, 0.1) is 17.8 Å². The Labute approximate surface area is 75.6 Å². The van der Waals surface area contributed by atoms with E-state index in [1.807, 2.05) is 6.07 Å². The third kappa shape index (κ3) is 2.10. The molecule has 1 aliphatic rings. The summed E-state index contributed by atoms with van der Waals surface area (Å²) in [6.07, 6.45) is 2.60. The number of benzene rings is 1. The van der Waals surface area contributed by atoms with Crippen LogP contribution in [0.3, 0.4) is 0 Å². The van der Waals surface area contributed by atoms with Gasteiger partial charge >= 0.3 is 0 Å². The summed E-state index contributed by atoms with van der Waals surface area (Å²) in [5, 5.41) is 1.21. The lowest BCUT2D eigenvalue weighted by Gasteiger charge is -1.91. The summed E-state index contributed by atoms with van der Waals surface area (Å²) >= 11 is 0. The van der Waals surface area contributed by atoms with E-state index in [0.29, 0.717) is 5.92 Å². The normalized spacial score (nSPS) is 15.1. The Morgan fingerprint density at radius 2 is 2.17 bits per heavy atom. The van der Waals surface area contributed by atoms with Crippen LogP contribution in [0.2, 0.25) is 0 Å². The molecule has 1 saturated carbocycles. The summed E-state index contributed by atoms with van der Waals surface area (Å²) in [6, 6.07) is 8.26. The van der Waals surface area contributed by atoms with Crippen LogP contribution >= 0.6 is 9.24 Å². The molecule has 0 radical (unpaired) electrons. The lowest BCUT2D eigenvalue weighted by atomic mass is 10.2. The minimum absolute atomic E-state index is 0.693. The van der Waals surface area contributed by atoms with Gasteiger partial charge in [0.2, 0.25) is 0 Å². The summed E-state index contributed by atoms with van der Waals surface area (Å²) in [6.45, 7) is 0. The smallest absolute Gasteiger partial charge is 0.0251 e. The first-order chi connectivity index (χ1) is 5.84. The molecule has 1 aliphatic carbocycles. The van der Waals surface area contributed by atoms with Crippen molar-refractivity contribution in [3.05, 3.63) is 29.8 Å². The minimum Gasteiger partial charge on any atom is -0.106 e. The van der Waals surface area contributed by atoms with E-state index in [0.717, 1.165) is 5.56 Å². The third-order valence-corrected chi connectivity index (χ3v) is 2.24. The fraction of sp³-hybridized carbons (Fsp3) is 0.273. The maximum absolute atomic E-state index is 3.24. The van der Waals surface area contributed by atoms with Gasteiger partial charge < -0.3 is 0 Å². The van der Waals surface area contributed by atoms with Gasteiger partial charge in [0.15, 0.2) is 0 Å². The van der Waals surface area contributed by atoms with Crippen molar-refractivity contribution in [1.29, 1.82) is 0 Å². The van der Waals surface area contributed by atoms with Crippen molar-refractivity contribution in [3.8, 4) is 11.8 Å². The van der Waals surface area contributed by atoms with Gasteiger partial charge in [-0.25, -0.2) is 0 Å². The second kappa shape index (κ2) is 3.30. The van der Waals surface area contributed by atoms with E-state index in [2.05, 4.69) is 39.3 Å². The predicted octanol–water partition coefficient (Wildman–Crippen LogP) is 1.95. The SMILES string of the molecule is Pc1cccc(C#CC2CC2)c1. The molecule has 60 valence electrons. The fourth-order valence-corrected chi connectivity index (χ4v) is 1.32. The molecule has 0 nitrogen and oxygen atoms in total. The van der Waals surface area contributed by atoms with Gasteiger partial charge in [0.05, 0.1) is 0 Å². The van der Waals surface area contributed by atoms with Gasteiger partial charge in [-0.2, -0.15) is 0 Å². The molecule has 1 atom stereocenters. The highest BCUT2D eigenvalue weighted by Crippen LogP contribution is 2.27. The number of hydrogen-bond acceptors (Lipinski definition) is 0. The zero-order valence-electron chi connectivity index (χ0n) is 6.88. The van der Waals surface area contributed by atoms with E-state index in [1.165, 1.54) is 18.1 Å². The van der Waals surface area contributed by atoms with Crippen LogP contribution in [0.15, 0.2) is 24.3 Å². The summed E-state index contributed by atoms with van der Waals surface area (Å²) in [4.78, 5) is 0. The maximum Gasteiger partial charge on any atom is 0.0251 e. The molecule has 0 amide bonds. The first-order valence-corrected chi connectivity index (χ1v) is 4.79. The maximum atomic E-state index is 3.24. The van der Waals surface area contributed by atoms with E-state index >= 15 is 0 Å². The largest absolute Gasteiger partial charge is 0.106 e. The Hall–Kier alpha value is -0.790. The lowest BCUT2D eigenvalue weighted by molar-refractivity contribution is 1.18. The van der Waals surface area contributed by atoms with Crippen molar-refractivity contribution in [1.82, 2.24) is 0 Å². The van der Waals surface area contributed by atoms with Crippen molar-refractivity contribution in [2.24, 2.45) is 5.92 Å². The van der Waals surface area contributed by atoms with Gasteiger partial charge in [0.25, 0.3) is 0 Å². The van der Waals surface area contributed by atoms with Gasteiger partial charge in [-0.05, 0) is 30.3 Å². The lowest BCUT2D eigenvalue weighted by Crippen LogP contribution is -1.88. The van der Waals surface area contributed by atoms with Crippen LogP contribution in [0.5, 0.6) is 0 Å². The Morgan fingerprint density at radius 3 is 2.83 bits per heavy atom. The number of hydrogen-bond donors (Lipinski definition) is 0. The van der Waals surface area contributed by atoms with Crippen LogP contribution in [0.4, 0.5) is 0 Å². The third-order valence-electron chi connectivity index (χ3n) is 1.88. The predicted molar refractivity (Wildman–Crippen MR) is 55.4 cm³/mol. The molecular weight excluding hydrogens is 163 g/mol. The summed E-state index contributed by atoms with van der Waals surface area (Å²) in [5.41, 5.74) is 1.13. The standard InChI is InChI=1S/C11H11P/c12-11-3-1-2-10(8-11)7-6-9-4-5-9/h1-3,8-9H,4-5,12H2. The van der Waals surface area contributed by atoms with Crippen molar-refractivity contribution in [2.75, 3.05) is 0 Å². The van der Waals surface area contributed by atoms with Crippen LogP contribution in [-0.2, 0) is 0 Å². The van der Waals surface area contributed by atoms with Gasteiger partial charge in [-0.3, -0.25) is 0 Å². The Morgan fingerprint density at radius 1 is 1.33 bits per heavy atom. The van der Waals surface area contributed by atoms with Gasteiger partial charge in [-0.15, -0.1) is 9.24 Å². The van der Waals surface area contributed by atoms with Crippen molar-refractivity contribution in [2.45, 2.75) is 12.8 Å². The second-order valence-electron chi connectivity index (χ2n) is 3.17. The zero-order valence-corrected chi connectivity index (χ0v) is 8.03. The topological polar surface area (TPSA) is 0 Å². The van der Waals surface area contributed by atoms with Gasteiger partial charge in [0, 0.05) is 11.5 Å². The highest BCUT2D eigenvalue weighted by atomic mass is 31.0. The van der Waals surface area contributed by atoms with Crippen LogP contribution in [-0.4, -0.2) is 0 Å². The van der Waals surface area contributed by atoms with Crippen LogP contribution in [0.1, 0.15) is 18.4 Å². The molecule has 1 heteroatoms. The molecule has 0 saturated heterocycles. The second-order valence-corrected chi connectivity index (χ2v) is 3.84. The average Bonchev–Trinajstić information content (AvgIpc) is 2.84. The van der Waals surface area contributed by atoms with E-state index in [4.69, 9.17) is 0 Å².